The average molecular weight is 451 g/mol. The van der Waals surface area contributed by atoms with Crippen LogP contribution in [0, 0.1) is 26.6 Å². The molecule has 0 saturated carbocycles. The van der Waals surface area contributed by atoms with Gasteiger partial charge in [0.1, 0.15) is 19.0 Å². The van der Waals surface area contributed by atoms with Crippen molar-refractivity contribution in [1.82, 2.24) is 15.2 Å². The van der Waals surface area contributed by atoms with Crippen molar-refractivity contribution >= 4 is 11.8 Å². The number of rotatable bonds is 6. The fraction of sp³-hybridized carbons (Fsp3) is 0.280. The number of hydrogen-bond donors (Lipinski definition) is 2. The van der Waals surface area contributed by atoms with Crippen molar-refractivity contribution in [2.24, 2.45) is 0 Å². The maximum Gasteiger partial charge on any atom is 0.253 e. The van der Waals surface area contributed by atoms with Crippen molar-refractivity contribution in [2.45, 2.75) is 20.8 Å². The monoisotopic (exact) mass is 451 g/mol. The zero-order valence-electron chi connectivity index (χ0n) is 18.8. The molecule has 0 aliphatic carbocycles. The zero-order valence-corrected chi connectivity index (χ0v) is 18.8. The van der Waals surface area contributed by atoms with Gasteiger partial charge < -0.3 is 24.7 Å². The number of aryl methyl sites for hydroxylation is 2. The molecule has 0 atom stereocenters. The first-order valence-corrected chi connectivity index (χ1v) is 10.8. The average Bonchev–Trinajstić information content (AvgIpc) is 3.11. The third-order valence-electron chi connectivity index (χ3n) is 5.59. The van der Waals surface area contributed by atoms with Crippen LogP contribution in [0.1, 0.15) is 37.7 Å². The van der Waals surface area contributed by atoms with E-state index in [-0.39, 0.29) is 30.5 Å². The van der Waals surface area contributed by atoms with E-state index >= 15 is 0 Å². The van der Waals surface area contributed by atoms with Gasteiger partial charge in [0.15, 0.2) is 11.5 Å². The van der Waals surface area contributed by atoms with E-state index in [1.165, 1.54) is 6.07 Å². The van der Waals surface area contributed by atoms with E-state index in [9.17, 15) is 14.0 Å². The van der Waals surface area contributed by atoms with Crippen molar-refractivity contribution in [2.75, 3.05) is 26.3 Å². The number of amides is 2. The minimum absolute atomic E-state index is 0.223. The molecule has 1 aromatic heterocycles. The lowest BCUT2D eigenvalue weighted by molar-refractivity contribution is 0.0927. The van der Waals surface area contributed by atoms with Crippen molar-refractivity contribution < 1.29 is 23.5 Å². The molecule has 0 bridgehead atoms. The van der Waals surface area contributed by atoms with Gasteiger partial charge in [-0.1, -0.05) is 6.07 Å². The molecule has 8 heteroatoms. The summed E-state index contributed by atoms with van der Waals surface area (Å²) in [5, 5.41) is 5.51. The van der Waals surface area contributed by atoms with E-state index in [1.54, 1.807) is 19.1 Å². The van der Waals surface area contributed by atoms with Gasteiger partial charge in [-0.25, -0.2) is 4.39 Å². The first kappa shape index (κ1) is 22.4. The molecule has 0 radical (unpaired) electrons. The second kappa shape index (κ2) is 9.36. The molecular formula is C25H26FN3O4. The Labute approximate surface area is 191 Å². The third-order valence-corrected chi connectivity index (χ3v) is 5.59. The number of nitrogens with zero attached hydrogens (tertiary/aromatic N) is 1. The van der Waals surface area contributed by atoms with E-state index in [1.807, 2.05) is 42.7 Å². The predicted molar refractivity (Wildman–Crippen MR) is 122 cm³/mol. The Bertz CT molecular complexity index is 1220. The Balaban J connectivity index is 1.38. The van der Waals surface area contributed by atoms with Crippen LogP contribution in [0.3, 0.4) is 0 Å². The van der Waals surface area contributed by atoms with E-state index in [2.05, 4.69) is 10.6 Å². The van der Waals surface area contributed by atoms with Gasteiger partial charge in [0.05, 0.1) is 5.56 Å². The minimum Gasteiger partial charge on any atom is -0.486 e. The van der Waals surface area contributed by atoms with Gasteiger partial charge >= 0.3 is 0 Å². The molecule has 1 aliphatic heterocycles. The standard InChI is InChI=1S/C25H26FN3O4/c1-15-4-5-18(13-21(15)26)24(30)27-8-9-28-25(31)20-12-16(2)29(17(20)3)19-6-7-22-23(14-19)33-11-10-32-22/h4-7,12-14H,8-11H2,1-3H3,(H,27,30)(H,28,31). The summed E-state index contributed by atoms with van der Waals surface area (Å²) >= 11 is 0. The highest BCUT2D eigenvalue weighted by Gasteiger charge is 2.19. The van der Waals surface area contributed by atoms with Crippen LogP contribution in [0.4, 0.5) is 4.39 Å². The number of nitrogens with one attached hydrogen (secondary N) is 2. The van der Waals surface area contributed by atoms with Gasteiger partial charge in [-0.05, 0) is 56.7 Å². The smallest absolute Gasteiger partial charge is 0.253 e. The lowest BCUT2D eigenvalue weighted by Gasteiger charge is -2.20. The molecule has 0 fully saturated rings. The maximum absolute atomic E-state index is 13.6. The number of benzene rings is 2. The topological polar surface area (TPSA) is 81.6 Å². The van der Waals surface area contributed by atoms with Crippen molar-refractivity contribution in [3.05, 3.63) is 76.4 Å². The van der Waals surface area contributed by atoms with Crippen LogP contribution >= 0.6 is 0 Å². The summed E-state index contributed by atoms with van der Waals surface area (Å²) < 4.78 is 26.9. The Morgan fingerprint density at radius 2 is 1.61 bits per heavy atom. The van der Waals surface area contributed by atoms with Crippen LogP contribution < -0.4 is 20.1 Å². The van der Waals surface area contributed by atoms with Crippen LogP contribution in [0.2, 0.25) is 0 Å². The number of ether oxygens (including phenoxy) is 2. The molecule has 2 aromatic carbocycles. The molecule has 2 amide bonds. The summed E-state index contributed by atoms with van der Waals surface area (Å²) in [7, 11) is 0. The molecule has 2 N–H and O–H groups in total. The van der Waals surface area contributed by atoms with Crippen molar-refractivity contribution in [1.29, 1.82) is 0 Å². The van der Waals surface area contributed by atoms with Crippen LogP contribution in [0.15, 0.2) is 42.5 Å². The molecule has 7 nitrogen and oxygen atoms in total. The van der Waals surface area contributed by atoms with Crippen molar-refractivity contribution in [3.8, 4) is 17.2 Å². The van der Waals surface area contributed by atoms with E-state index in [0.29, 0.717) is 35.8 Å². The van der Waals surface area contributed by atoms with Crippen LogP contribution in [0.5, 0.6) is 11.5 Å². The van der Waals surface area contributed by atoms with Gasteiger partial charge in [0, 0.05) is 41.8 Å². The Morgan fingerprint density at radius 3 is 2.33 bits per heavy atom. The molecule has 3 aromatic rings. The van der Waals surface area contributed by atoms with E-state index in [4.69, 9.17) is 9.47 Å². The largest absolute Gasteiger partial charge is 0.486 e. The molecule has 172 valence electrons. The molecule has 2 heterocycles. The fourth-order valence-corrected chi connectivity index (χ4v) is 3.84. The molecule has 33 heavy (non-hydrogen) atoms. The number of halogens is 1. The van der Waals surface area contributed by atoms with Crippen molar-refractivity contribution in [3.63, 3.8) is 0 Å². The molecule has 0 spiro atoms. The van der Waals surface area contributed by atoms with Gasteiger partial charge in [-0.2, -0.15) is 0 Å². The van der Waals surface area contributed by atoms with Gasteiger partial charge in [0.25, 0.3) is 11.8 Å². The summed E-state index contributed by atoms with van der Waals surface area (Å²) in [5.74, 6) is 0.342. The number of fused-ring (bicyclic) bond motifs is 1. The highest BCUT2D eigenvalue weighted by atomic mass is 19.1. The minimum atomic E-state index is -0.427. The first-order valence-electron chi connectivity index (χ1n) is 10.8. The summed E-state index contributed by atoms with van der Waals surface area (Å²) in [6.07, 6.45) is 0. The highest BCUT2D eigenvalue weighted by molar-refractivity contribution is 5.96. The van der Waals surface area contributed by atoms with Gasteiger partial charge in [0.2, 0.25) is 0 Å². The lowest BCUT2D eigenvalue weighted by Crippen LogP contribution is -2.34. The quantitative estimate of drug-likeness (QED) is 0.563. The molecule has 0 unspecified atom stereocenters. The Morgan fingerprint density at radius 1 is 0.909 bits per heavy atom. The Hall–Kier alpha value is -3.81. The molecule has 0 saturated heterocycles. The summed E-state index contributed by atoms with van der Waals surface area (Å²) in [6.45, 7) is 6.95. The zero-order chi connectivity index (χ0) is 23.5. The second-order valence-corrected chi connectivity index (χ2v) is 7.92. The normalized spacial score (nSPS) is 12.4. The highest BCUT2D eigenvalue weighted by Crippen LogP contribution is 2.33. The summed E-state index contributed by atoms with van der Waals surface area (Å²) in [6, 6.07) is 11.9. The molecular weight excluding hydrogens is 425 g/mol. The number of carbonyl (C=O) groups excluding carboxylic acids is 2. The van der Waals surface area contributed by atoms with Crippen LogP contribution in [0.25, 0.3) is 5.69 Å². The Kier molecular flexibility index (Phi) is 6.35. The third kappa shape index (κ3) is 4.69. The maximum atomic E-state index is 13.6. The number of carbonyl (C=O) groups is 2. The second-order valence-electron chi connectivity index (χ2n) is 7.92. The number of aromatic nitrogens is 1. The predicted octanol–water partition coefficient (Wildman–Crippen LogP) is 3.47. The number of hydrogen-bond acceptors (Lipinski definition) is 4. The summed E-state index contributed by atoms with van der Waals surface area (Å²) in [5.41, 5.74) is 3.85. The first-order chi connectivity index (χ1) is 15.8. The SMILES string of the molecule is Cc1ccc(C(=O)NCCNC(=O)c2cc(C)n(-c3ccc4c(c3)OCCO4)c2C)cc1F. The van der Waals surface area contributed by atoms with Crippen LogP contribution in [-0.2, 0) is 0 Å². The molecule has 4 rings (SSSR count). The van der Waals surface area contributed by atoms with Gasteiger partial charge in [-0.15, -0.1) is 0 Å². The van der Waals surface area contributed by atoms with Crippen LogP contribution in [-0.4, -0.2) is 42.7 Å². The van der Waals surface area contributed by atoms with E-state index in [0.717, 1.165) is 17.1 Å². The van der Waals surface area contributed by atoms with Gasteiger partial charge in [-0.3, -0.25) is 9.59 Å². The molecule has 1 aliphatic rings. The fourth-order valence-electron chi connectivity index (χ4n) is 3.84. The van der Waals surface area contributed by atoms with E-state index < -0.39 is 5.82 Å². The lowest BCUT2D eigenvalue weighted by atomic mass is 10.1. The summed E-state index contributed by atoms with van der Waals surface area (Å²) in [4.78, 5) is 24.9.